The third kappa shape index (κ3) is 4.05. The smallest absolute Gasteiger partial charge is 0.352 e. The minimum Gasteiger partial charge on any atom is -0.352 e. The molecule has 4 bridgehead atoms. The molecule has 1 heterocycles. The highest BCUT2D eigenvalue weighted by molar-refractivity contribution is 8.00. The van der Waals surface area contributed by atoms with Gasteiger partial charge in [-0.25, -0.2) is 4.98 Å². The van der Waals surface area contributed by atoms with Crippen molar-refractivity contribution in [2.45, 2.75) is 69.6 Å². The zero-order valence-corrected chi connectivity index (χ0v) is 18.0. The number of thioether (sulfide) groups is 1. The Morgan fingerprint density at radius 3 is 2.37 bits per heavy atom. The van der Waals surface area contributed by atoms with E-state index in [0.29, 0.717) is 0 Å². The Hall–Kier alpha value is -1.75. The molecule has 1 amide bonds. The second kappa shape index (κ2) is 7.74. The molecule has 162 valence electrons. The maximum Gasteiger partial charge on any atom is 0.417 e. The standard InChI is InChI=1S/C22H26F3N3OS/c1-12-3-18(22(23,24)25)17(10-26)20(27-12)30-11-19(29)28-13(2)21-7-14-4-15(8-21)6-16(5-14)9-21/h3,13-16H,4-9,11H2,1-2H3,(H,28,29)/t13-,14?,15?,16?,21?/m0/s1. The largest absolute Gasteiger partial charge is 0.417 e. The summed E-state index contributed by atoms with van der Waals surface area (Å²) in [6.45, 7) is 3.53. The maximum atomic E-state index is 13.3. The first-order chi connectivity index (χ1) is 14.1. The van der Waals surface area contributed by atoms with Crippen LogP contribution in [-0.2, 0) is 11.0 Å². The molecule has 1 aromatic heterocycles. The summed E-state index contributed by atoms with van der Waals surface area (Å²) in [6.07, 6.45) is 2.85. The molecule has 0 aromatic carbocycles. The number of amides is 1. The fourth-order valence-electron chi connectivity index (χ4n) is 6.36. The van der Waals surface area contributed by atoms with Crippen LogP contribution in [0.15, 0.2) is 11.1 Å². The molecule has 4 aliphatic rings. The van der Waals surface area contributed by atoms with Gasteiger partial charge in [0.1, 0.15) is 11.1 Å². The van der Waals surface area contributed by atoms with Crippen LogP contribution in [-0.4, -0.2) is 22.7 Å². The Kier molecular flexibility index (Phi) is 5.54. The van der Waals surface area contributed by atoms with Crippen LogP contribution in [0.4, 0.5) is 13.2 Å². The predicted molar refractivity (Wildman–Crippen MR) is 108 cm³/mol. The number of hydrogen-bond donors (Lipinski definition) is 1. The van der Waals surface area contributed by atoms with E-state index in [4.69, 9.17) is 0 Å². The quantitative estimate of drug-likeness (QED) is 0.652. The summed E-state index contributed by atoms with van der Waals surface area (Å²) in [6, 6.07) is 2.54. The van der Waals surface area contributed by atoms with E-state index in [-0.39, 0.29) is 33.8 Å². The van der Waals surface area contributed by atoms with Crippen LogP contribution in [0.5, 0.6) is 0 Å². The number of aryl methyl sites for hydroxylation is 1. The third-order valence-corrected chi connectivity index (χ3v) is 8.23. The van der Waals surface area contributed by atoms with Crippen LogP contribution in [0.1, 0.15) is 62.3 Å². The highest BCUT2D eigenvalue weighted by atomic mass is 32.2. The van der Waals surface area contributed by atoms with Gasteiger partial charge in [0.05, 0.1) is 16.9 Å². The summed E-state index contributed by atoms with van der Waals surface area (Å²) in [4.78, 5) is 16.7. The molecule has 0 saturated heterocycles. The van der Waals surface area contributed by atoms with Crippen molar-refractivity contribution in [1.29, 1.82) is 5.26 Å². The average molecular weight is 438 g/mol. The first-order valence-electron chi connectivity index (χ1n) is 10.5. The number of nitrogens with one attached hydrogen (secondary N) is 1. The molecule has 0 aliphatic heterocycles. The second-order valence-corrected chi connectivity index (χ2v) is 10.4. The minimum absolute atomic E-state index is 0.0394. The van der Waals surface area contributed by atoms with E-state index in [0.717, 1.165) is 35.6 Å². The molecular weight excluding hydrogens is 411 g/mol. The van der Waals surface area contributed by atoms with E-state index in [1.165, 1.54) is 45.4 Å². The van der Waals surface area contributed by atoms with Gasteiger partial charge >= 0.3 is 6.18 Å². The van der Waals surface area contributed by atoms with Crippen molar-refractivity contribution >= 4 is 17.7 Å². The Morgan fingerprint density at radius 1 is 1.30 bits per heavy atom. The second-order valence-electron chi connectivity index (χ2n) is 9.46. The number of carbonyl (C=O) groups excluding carboxylic acids is 1. The summed E-state index contributed by atoms with van der Waals surface area (Å²) in [5.74, 6) is 2.06. The highest BCUT2D eigenvalue weighted by Gasteiger charge is 2.53. The van der Waals surface area contributed by atoms with Gasteiger partial charge in [-0.2, -0.15) is 18.4 Å². The van der Waals surface area contributed by atoms with Crippen molar-refractivity contribution in [3.63, 3.8) is 0 Å². The van der Waals surface area contributed by atoms with E-state index in [2.05, 4.69) is 17.2 Å². The molecule has 5 rings (SSSR count). The Labute approximate surface area is 179 Å². The molecule has 30 heavy (non-hydrogen) atoms. The summed E-state index contributed by atoms with van der Waals surface area (Å²) in [5.41, 5.74) is -1.17. The fraction of sp³-hybridized carbons (Fsp3) is 0.682. The fourth-order valence-corrected chi connectivity index (χ4v) is 7.22. The number of hydrogen-bond acceptors (Lipinski definition) is 4. The molecule has 1 aromatic rings. The summed E-state index contributed by atoms with van der Waals surface area (Å²) in [7, 11) is 0. The first kappa shape index (κ1) is 21.5. The van der Waals surface area contributed by atoms with Crippen molar-refractivity contribution in [2.75, 3.05) is 5.75 Å². The van der Waals surface area contributed by atoms with Crippen molar-refractivity contribution in [3.05, 3.63) is 22.9 Å². The Morgan fingerprint density at radius 2 is 1.87 bits per heavy atom. The average Bonchev–Trinajstić information content (AvgIpc) is 2.64. The van der Waals surface area contributed by atoms with Crippen molar-refractivity contribution in [2.24, 2.45) is 23.2 Å². The van der Waals surface area contributed by atoms with Gasteiger partial charge in [0.2, 0.25) is 5.91 Å². The number of rotatable bonds is 5. The van der Waals surface area contributed by atoms with Gasteiger partial charge in [0, 0.05) is 11.7 Å². The van der Waals surface area contributed by atoms with Gasteiger partial charge in [-0.3, -0.25) is 4.79 Å². The van der Waals surface area contributed by atoms with Crippen LogP contribution in [0, 0.1) is 41.4 Å². The Bertz CT molecular complexity index is 858. The van der Waals surface area contributed by atoms with Gasteiger partial charge in [-0.1, -0.05) is 11.8 Å². The lowest BCUT2D eigenvalue weighted by Crippen LogP contribution is -2.56. The van der Waals surface area contributed by atoms with E-state index < -0.39 is 17.3 Å². The zero-order chi connectivity index (χ0) is 21.7. The van der Waals surface area contributed by atoms with E-state index in [9.17, 15) is 23.2 Å². The summed E-state index contributed by atoms with van der Waals surface area (Å²) < 4.78 is 39.8. The molecule has 1 N–H and O–H groups in total. The molecule has 4 saturated carbocycles. The van der Waals surface area contributed by atoms with Crippen LogP contribution >= 0.6 is 11.8 Å². The predicted octanol–water partition coefficient (Wildman–Crippen LogP) is 5.09. The van der Waals surface area contributed by atoms with Gasteiger partial charge in [-0.15, -0.1) is 0 Å². The lowest BCUT2D eigenvalue weighted by atomic mass is 9.48. The van der Waals surface area contributed by atoms with Crippen LogP contribution in [0.25, 0.3) is 0 Å². The number of carbonyl (C=O) groups is 1. The molecule has 0 spiro atoms. The van der Waals surface area contributed by atoms with Gasteiger partial charge in [0.25, 0.3) is 0 Å². The van der Waals surface area contributed by atoms with Gasteiger partial charge in [0.15, 0.2) is 0 Å². The molecule has 0 unspecified atom stereocenters. The van der Waals surface area contributed by atoms with Crippen LogP contribution in [0.2, 0.25) is 0 Å². The zero-order valence-electron chi connectivity index (χ0n) is 17.2. The number of halogens is 3. The van der Waals surface area contributed by atoms with Crippen molar-refractivity contribution < 1.29 is 18.0 Å². The summed E-state index contributed by atoms with van der Waals surface area (Å²) in [5, 5.41) is 12.3. The van der Waals surface area contributed by atoms with E-state index in [1.54, 1.807) is 6.07 Å². The monoisotopic (exact) mass is 437 g/mol. The maximum absolute atomic E-state index is 13.3. The SMILES string of the molecule is Cc1cc(C(F)(F)F)c(C#N)c(SCC(=O)N[C@@H](C)C23CC4CC(CC(C4)C2)C3)n1. The third-order valence-electron chi connectivity index (χ3n) is 7.25. The minimum atomic E-state index is -4.64. The van der Waals surface area contributed by atoms with Crippen LogP contribution in [0.3, 0.4) is 0 Å². The number of nitrogens with zero attached hydrogens (tertiary/aromatic N) is 2. The molecule has 4 fully saturated rings. The lowest BCUT2D eigenvalue weighted by molar-refractivity contribution is -0.138. The van der Waals surface area contributed by atoms with Crippen molar-refractivity contribution in [3.8, 4) is 6.07 Å². The lowest BCUT2D eigenvalue weighted by Gasteiger charge is -2.59. The molecule has 1 atom stereocenters. The summed E-state index contributed by atoms with van der Waals surface area (Å²) >= 11 is 0.898. The number of pyridine rings is 1. The number of alkyl halides is 3. The highest BCUT2D eigenvalue weighted by Crippen LogP contribution is 2.61. The number of aromatic nitrogens is 1. The molecular formula is C22H26F3N3OS. The Balaban J connectivity index is 1.42. The first-order valence-corrected chi connectivity index (χ1v) is 11.5. The van der Waals surface area contributed by atoms with E-state index >= 15 is 0 Å². The van der Waals surface area contributed by atoms with Crippen molar-refractivity contribution in [1.82, 2.24) is 10.3 Å². The normalized spacial score (nSPS) is 30.7. The van der Waals surface area contributed by atoms with Crippen LogP contribution < -0.4 is 5.32 Å². The molecule has 4 nitrogen and oxygen atoms in total. The topological polar surface area (TPSA) is 65.8 Å². The van der Waals surface area contributed by atoms with Gasteiger partial charge < -0.3 is 5.32 Å². The molecule has 0 radical (unpaired) electrons. The van der Waals surface area contributed by atoms with Gasteiger partial charge in [-0.05, 0) is 81.6 Å². The molecule has 8 heteroatoms. The van der Waals surface area contributed by atoms with E-state index in [1.807, 2.05) is 0 Å². The molecule has 4 aliphatic carbocycles. The number of nitriles is 1.